The maximum absolute atomic E-state index is 13.6. The van der Waals surface area contributed by atoms with Crippen LogP contribution in [0.2, 0.25) is 5.02 Å². The largest absolute Gasteiger partial charge is 0.345 e. The Bertz CT molecular complexity index is 1750. The van der Waals surface area contributed by atoms with Crippen molar-refractivity contribution < 1.29 is 0 Å². The molecular formula is C23H14ClN9O. The second-order valence-corrected chi connectivity index (χ2v) is 8.26. The average molecular weight is 468 g/mol. The number of nitrogens with one attached hydrogen (secondary N) is 1. The second kappa shape index (κ2) is 7.44. The molecule has 11 heteroatoms. The summed E-state index contributed by atoms with van der Waals surface area (Å²) in [6.07, 6.45) is 5.40. The van der Waals surface area contributed by atoms with Gasteiger partial charge in [0.15, 0.2) is 5.82 Å². The third-order valence-electron chi connectivity index (χ3n) is 6.06. The van der Waals surface area contributed by atoms with Crippen molar-refractivity contribution in [1.82, 2.24) is 29.1 Å². The van der Waals surface area contributed by atoms with Gasteiger partial charge in [0.2, 0.25) is 0 Å². The molecule has 4 aromatic heterocycles. The van der Waals surface area contributed by atoms with Gasteiger partial charge in [0.25, 0.3) is 5.56 Å². The van der Waals surface area contributed by atoms with Crippen molar-refractivity contribution >= 4 is 34.0 Å². The highest BCUT2D eigenvalue weighted by atomic mass is 35.5. The van der Waals surface area contributed by atoms with Gasteiger partial charge in [0.1, 0.15) is 29.4 Å². The number of hydrogen-bond acceptors (Lipinski definition) is 7. The molecule has 0 radical (unpaired) electrons. The molecule has 0 spiro atoms. The maximum atomic E-state index is 13.6. The Hall–Kier alpha value is -4.67. The summed E-state index contributed by atoms with van der Waals surface area (Å²) in [4.78, 5) is 27.3. The summed E-state index contributed by atoms with van der Waals surface area (Å²) in [5, 5.41) is 24.6. The zero-order chi connectivity index (χ0) is 23.4. The first-order valence-electron chi connectivity index (χ1n) is 10.4. The minimum atomic E-state index is -0.339. The van der Waals surface area contributed by atoms with Crippen LogP contribution in [-0.2, 0) is 0 Å². The van der Waals surface area contributed by atoms with Crippen LogP contribution >= 0.6 is 11.6 Å². The van der Waals surface area contributed by atoms with Gasteiger partial charge >= 0.3 is 0 Å². The molecule has 0 saturated carbocycles. The van der Waals surface area contributed by atoms with Crippen LogP contribution < -0.4 is 10.5 Å². The first kappa shape index (κ1) is 20.0. The van der Waals surface area contributed by atoms with Gasteiger partial charge in [0, 0.05) is 18.9 Å². The number of fused-ring (bicyclic) bond motifs is 2. The zero-order valence-electron chi connectivity index (χ0n) is 17.5. The molecule has 164 valence electrons. The molecule has 0 amide bonds. The van der Waals surface area contributed by atoms with Crippen molar-refractivity contribution in [2.75, 3.05) is 11.4 Å². The Balaban J connectivity index is 1.58. The molecule has 0 bridgehead atoms. The van der Waals surface area contributed by atoms with Crippen LogP contribution in [0.5, 0.6) is 0 Å². The number of nitrogens with zero attached hydrogens (tertiary/aromatic N) is 8. The van der Waals surface area contributed by atoms with Crippen LogP contribution in [-0.4, -0.2) is 35.7 Å². The lowest BCUT2D eigenvalue weighted by atomic mass is 10.0. The molecule has 1 aliphatic rings. The third-order valence-corrected chi connectivity index (χ3v) is 6.36. The Morgan fingerprint density at radius 2 is 2.06 bits per heavy atom. The van der Waals surface area contributed by atoms with Gasteiger partial charge in [-0.1, -0.05) is 17.7 Å². The fraction of sp³-hybridized carbons (Fsp3) is 0.130. The van der Waals surface area contributed by atoms with E-state index in [1.807, 2.05) is 4.90 Å². The van der Waals surface area contributed by atoms with Gasteiger partial charge < -0.3 is 9.88 Å². The quantitative estimate of drug-likeness (QED) is 0.431. The van der Waals surface area contributed by atoms with Crippen LogP contribution in [0.25, 0.3) is 22.2 Å². The van der Waals surface area contributed by atoms with Crippen molar-refractivity contribution in [3.8, 4) is 17.8 Å². The predicted octanol–water partition coefficient (Wildman–Crippen LogP) is 3.10. The molecule has 1 aliphatic heterocycles. The fourth-order valence-electron chi connectivity index (χ4n) is 4.39. The molecule has 0 unspecified atom stereocenters. The van der Waals surface area contributed by atoms with Crippen molar-refractivity contribution in [2.24, 2.45) is 0 Å². The number of aromatic nitrogens is 6. The van der Waals surface area contributed by atoms with E-state index in [-0.39, 0.29) is 17.1 Å². The number of anilines is 1. The summed E-state index contributed by atoms with van der Waals surface area (Å²) in [5.74, 6) is 1.07. The van der Waals surface area contributed by atoms with E-state index in [2.05, 4.69) is 27.1 Å². The number of aromatic amines is 1. The van der Waals surface area contributed by atoms with Crippen LogP contribution in [0.15, 0.2) is 53.8 Å². The highest BCUT2D eigenvalue weighted by Crippen LogP contribution is 2.39. The Morgan fingerprint density at radius 3 is 2.82 bits per heavy atom. The van der Waals surface area contributed by atoms with E-state index in [1.165, 1.54) is 15.4 Å². The van der Waals surface area contributed by atoms with Crippen LogP contribution in [0.4, 0.5) is 5.82 Å². The Morgan fingerprint density at radius 1 is 1.18 bits per heavy atom. The van der Waals surface area contributed by atoms with E-state index < -0.39 is 0 Å². The van der Waals surface area contributed by atoms with E-state index in [9.17, 15) is 15.3 Å². The first-order valence-corrected chi connectivity index (χ1v) is 10.8. The van der Waals surface area contributed by atoms with E-state index >= 15 is 0 Å². The molecule has 1 N–H and O–H groups in total. The van der Waals surface area contributed by atoms with Crippen molar-refractivity contribution in [1.29, 1.82) is 10.5 Å². The molecule has 10 nitrogen and oxygen atoms in total. The maximum Gasteiger partial charge on any atom is 0.284 e. The van der Waals surface area contributed by atoms with Crippen molar-refractivity contribution in [3.05, 3.63) is 81.4 Å². The fourth-order valence-corrected chi connectivity index (χ4v) is 4.61. The monoisotopic (exact) mass is 467 g/mol. The molecule has 1 fully saturated rings. The highest BCUT2D eigenvalue weighted by molar-refractivity contribution is 6.33. The summed E-state index contributed by atoms with van der Waals surface area (Å²) in [6.45, 7) is 0.658. The minimum Gasteiger partial charge on any atom is -0.345 e. The molecular weight excluding hydrogens is 454 g/mol. The first-order chi connectivity index (χ1) is 16.6. The van der Waals surface area contributed by atoms with Gasteiger partial charge in [-0.05, 0) is 30.7 Å². The lowest BCUT2D eigenvalue weighted by molar-refractivity contribution is 0.424. The van der Waals surface area contributed by atoms with E-state index in [1.54, 1.807) is 42.7 Å². The molecule has 1 saturated heterocycles. The van der Waals surface area contributed by atoms with Gasteiger partial charge in [-0.15, -0.1) is 0 Å². The lowest BCUT2D eigenvalue weighted by Gasteiger charge is -2.42. The van der Waals surface area contributed by atoms with Crippen molar-refractivity contribution in [3.63, 3.8) is 0 Å². The van der Waals surface area contributed by atoms with Gasteiger partial charge in [-0.3, -0.25) is 9.36 Å². The molecule has 6 rings (SSSR count). The highest BCUT2D eigenvalue weighted by Gasteiger charge is 2.37. The second-order valence-electron chi connectivity index (χ2n) is 7.85. The lowest BCUT2D eigenvalue weighted by Crippen LogP contribution is -2.45. The smallest absolute Gasteiger partial charge is 0.284 e. The normalized spacial score (nSPS) is 15.3. The Kier molecular flexibility index (Phi) is 4.37. The van der Waals surface area contributed by atoms with Gasteiger partial charge in [-0.25, -0.2) is 14.5 Å². The van der Waals surface area contributed by atoms with Gasteiger partial charge in [-0.2, -0.15) is 15.6 Å². The third kappa shape index (κ3) is 2.80. The van der Waals surface area contributed by atoms with E-state index in [0.29, 0.717) is 57.5 Å². The Labute approximate surface area is 196 Å². The van der Waals surface area contributed by atoms with Crippen LogP contribution in [0.1, 0.15) is 29.4 Å². The number of halogens is 1. The number of H-pyrrole nitrogens is 1. The average Bonchev–Trinajstić information content (AvgIpc) is 3.42. The summed E-state index contributed by atoms with van der Waals surface area (Å²) in [6, 6.07) is 12.4. The van der Waals surface area contributed by atoms with E-state index in [0.717, 1.165) is 0 Å². The molecule has 1 aromatic carbocycles. The summed E-state index contributed by atoms with van der Waals surface area (Å²) < 4.78 is 2.98. The molecule has 1 atom stereocenters. The summed E-state index contributed by atoms with van der Waals surface area (Å²) in [5.41, 5.74) is 1.86. The van der Waals surface area contributed by atoms with Crippen molar-refractivity contribution in [2.45, 2.75) is 12.5 Å². The van der Waals surface area contributed by atoms with Crippen LogP contribution in [0.3, 0.4) is 0 Å². The SMILES string of the molecule is N#Cc1cccc(-n2c([C@@H]3CCN3c3ncnc4[nH]cc(C#N)c34)nn3ccc(Cl)c3c2=O)c1. The number of nitriles is 2. The zero-order valence-corrected chi connectivity index (χ0v) is 18.2. The molecule has 0 aliphatic carbocycles. The topological polar surface area (TPSA) is 132 Å². The van der Waals surface area contributed by atoms with Crippen LogP contribution in [0, 0.1) is 22.7 Å². The molecule has 34 heavy (non-hydrogen) atoms. The van der Waals surface area contributed by atoms with Gasteiger partial charge in [0.05, 0.1) is 39.3 Å². The molecule has 5 aromatic rings. The number of benzene rings is 1. The number of rotatable bonds is 3. The molecule has 5 heterocycles. The summed E-state index contributed by atoms with van der Waals surface area (Å²) in [7, 11) is 0. The minimum absolute atomic E-state index is 0.250. The predicted molar refractivity (Wildman–Crippen MR) is 124 cm³/mol. The van der Waals surface area contributed by atoms with E-state index in [4.69, 9.17) is 16.7 Å². The summed E-state index contributed by atoms with van der Waals surface area (Å²) >= 11 is 6.30. The number of hydrogen-bond donors (Lipinski definition) is 1. The standard InChI is InChI=1S/C23H14ClN9O/c24-16-4-7-32-19(16)23(34)33(15-3-1-2-13(8-15)9-25)21(30-32)17-5-6-31(17)22-18-14(10-26)11-27-20(18)28-12-29-22/h1-4,7-8,11-12,17H,5-6H2,(H,27,28,29)/t17-/m0/s1.